The Hall–Kier alpha value is -2.74. The number of aromatic nitrogens is 1. The number of anilines is 1. The molecule has 0 radical (unpaired) electrons. The molecule has 0 aliphatic carbocycles. The van der Waals surface area contributed by atoms with Crippen LogP contribution in [0, 0.1) is 25.5 Å². The normalized spacial score (nSPS) is 11.5. The van der Waals surface area contributed by atoms with E-state index in [9.17, 15) is 17.2 Å². The van der Waals surface area contributed by atoms with Gasteiger partial charge in [-0.3, -0.25) is 4.72 Å². The molecule has 0 saturated heterocycles. The molecule has 25 heavy (non-hydrogen) atoms. The lowest BCUT2D eigenvalue weighted by Gasteiger charge is -2.09. The van der Waals surface area contributed by atoms with Crippen molar-refractivity contribution in [3.8, 4) is 11.3 Å². The number of hydrogen-bond donors (Lipinski definition) is 1. The lowest BCUT2D eigenvalue weighted by molar-refractivity contribution is 0.495. The van der Waals surface area contributed by atoms with Crippen molar-refractivity contribution in [1.29, 1.82) is 0 Å². The van der Waals surface area contributed by atoms with E-state index in [2.05, 4.69) is 9.71 Å². The van der Waals surface area contributed by atoms with Crippen LogP contribution in [-0.2, 0) is 10.0 Å². The van der Waals surface area contributed by atoms with Gasteiger partial charge in [0.1, 0.15) is 23.1 Å². The Balaban J connectivity index is 1.89. The third kappa shape index (κ3) is 3.53. The molecule has 1 heterocycles. The number of aryl methyl sites for hydroxylation is 2. The highest BCUT2D eigenvalue weighted by molar-refractivity contribution is 7.92. The second-order valence-electron chi connectivity index (χ2n) is 5.39. The Kier molecular flexibility index (Phi) is 4.30. The van der Waals surface area contributed by atoms with E-state index < -0.39 is 21.7 Å². The van der Waals surface area contributed by atoms with Gasteiger partial charge in [-0.15, -0.1) is 0 Å². The summed E-state index contributed by atoms with van der Waals surface area (Å²) in [5.74, 6) is -0.644. The smallest absolute Gasteiger partial charge is 0.261 e. The Morgan fingerprint density at radius 2 is 1.72 bits per heavy atom. The van der Waals surface area contributed by atoms with Crippen molar-refractivity contribution < 1.29 is 21.6 Å². The molecule has 0 fully saturated rings. The third-order valence-electron chi connectivity index (χ3n) is 3.52. The van der Waals surface area contributed by atoms with E-state index in [0.29, 0.717) is 29.0 Å². The molecule has 0 aliphatic heterocycles. The van der Waals surface area contributed by atoms with Gasteiger partial charge < -0.3 is 4.42 Å². The third-order valence-corrected chi connectivity index (χ3v) is 4.90. The van der Waals surface area contributed by atoms with Crippen molar-refractivity contribution in [2.24, 2.45) is 0 Å². The summed E-state index contributed by atoms with van der Waals surface area (Å²) < 4.78 is 58.7. The highest BCUT2D eigenvalue weighted by Crippen LogP contribution is 2.26. The summed E-state index contributed by atoms with van der Waals surface area (Å²) in [6.45, 7) is 3.48. The van der Waals surface area contributed by atoms with Crippen LogP contribution in [0.1, 0.15) is 11.7 Å². The summed E-state index contributed by atoms with van der Waals surface area (Å²) in [6, 6.07) is 8.53. The minimum absolute atomic E-state index is 0.0576. The fraction of sp³-hybridized carbons (Fsp3) is 0.118. The highest BCUT2D eigenvalue weighted by Gasteiger charge is 2.17. The van der Waals surface area contributed by atoms with Crippen molar-refractivity contribution in [1.82, 2.24) is 4.98 Å². The molecule has 1 aromatic heterocycles. The fourth-order valence-electron chi connectivity index (χ4n) is 2.36. The average molecular weight is 364 g/mol. The largest absolute Gasteiger partial charge is 0.446 e. The van der Waals surface area contributed by atoms with E-state index in [1.807, 2.05) is 0 Å². The van der Waals surface area contributed by atoms with Crippen LogP contribution < -0.4 is 4.72 Å². The zero-order valence-electron chi connectivity index (χ0n) is 13.4. The first-order chi connectivity index (χ1) is 11.8. The van der Waals surface area contributed by atoms with Crippen molar-refractivity contribution in [3.05, 3.63) is 65.7 Å². The first-order valence-corrected chi connectivity index (χ1v) is 8.77. The number of nitrogens with zero attached hydrogens (tertiary/aromatic N) is 1. The van der Waals surface area contributed by atoms with Gasteiger partial charge in [0.15, 0.2) is 5.89 Å². The van der Waals surface area contributed by atoms with Crippen LogP contribution in [0.4, 0.5) is 14.5 Å². The standard InChI is InChI=1S/C17H14F2N2O3S/c1-10-17(20-11(2)24-10)12-3-6-14(7-4-12)25(22,23)21-16-8-5-13(18)9-15(16)19/h3-9,21H,1-2H3. The number of rotatable bonds is 4. The first kappa shape index (κ1) is 17.1. The molecule has 3 aromatic rings. The average Bonchev–Trinajstić information content (AvgIpc) is 2.89. The zero-order chi connectivity index (χ0) is 18.2. The lowest BCUT2D eigenvalue weighted by atomic mass is 10.1. The van der Waals surface area contributed by atoms with E-state index in [-0.39, 0.29) is 10.6 Å². The Morgan fingerprint density at radius 1 is 1.04 bits per heavy atom. The molecule has 130 valence electrons. The highest BCUT2D eigenvalue weighted by atomic mass is 32.2. The summed E-state index contributed by atoms with van der Waals surface area (Å²) in [5, 5.41) is 0. The molecule has 0 saturated carbocycles. The van der Waals surface area contributed by atoms with Gasteiger partial charge in [0.25, 0.3) is 10.0 Å². The second kappa shape index (κ2) is 6.29. The summed E-state index contributed by atoms with van der Waals surface area (Å²) >= 11 is 0. The van der Waals surface area contributed by atoms with E-state index in [4.69, 9.17) is 4.42 Å². The molecular weight excluding hydrogens is 350 g/mol. The molecule has 0 atom stereocenters. The van der Waals surface area contributed by atoms with E-state index in [1.165, 1.54) is 12.1 Å². The number of hydrogen-bond acceptors (Lipinski definition) is 4. The SMILES string of the molecule is Cc1nc(-c2ccc(S(=O)(=O)Nc3ccc(F)cc3F)cc2)c(C)o1. The molecule has 1 N–H and O–H groups in total. The van der Waals surface area contributed by atoms with Gasteiger partial charge in [-0.1, -0.05) is 12.1 Å². The Labute approximate surface area is 143 Å². The minimum atomic E-state index is -4.01. The van der Waals surface area contributed by atoms with Crippen LogP contribution in [0.25, 0.3) is 11.3 Å². The summed E-state index contributed by atoms with van der Waals surface area (Å²) in [6.07, 6.45) is 0. The first-order valence-electron chi connectivity index (χ1n) is 7.28. The predicted molar refractivity (Wildman–Crippen MR) is 88.6 cm³/mol. The lowest BCUT2D eigenvalue weighted by Crippen LogP contribution is -2.14. The van der Waals surface area contributed by atoms with Gasteiger partial charge in [0.2, 0.25) is 0 Å². The van der Waals surface area contributed by atoms with Gasteiger partial charge in [-0.25, -0.2) is 22.2 Å². The number of nitrogens with one attached hydrogen (secondary N) is 1. The zero-order valence-corrected chi connectivity index (χ0v) is 14.2. The molecule has 3 rings (SSSR count). The number of oxazole rings is 1. The van der Waals surface area contributed by atoms with Crippen molar-refractivity contribution in [3.63, 3.8) is 0 Å². The maximum Gasteiger partial charge on any atom is 0.261 e. The molecular formula is C17H14F2N2O3S. The minimum Gasteiger partial charge on any atom is -0.446 e. The van der Waals surface area contributed by atoms with Crippen molar-refractivity contribution in [2.75, 3.05) is 4.72 Å². The van der Waals surface area contributed by atoms with Gasteiger partial charge in [0.05, 0.1) is 10.6 Å². The van der Waals surface area contributed by atoms with Gasteiger partial charge in [-0.2, -0.15) is 0 Å². The van der Waals surface area contributed by atoms with Gasteiger partial charge in [-0.05, 0) is 31.2 Å². The molecule has 8 heteroatoms. The number of halogens is 2. The van der Waals surface area contributed by atoms with E-state index >= 15 is 0 Å². The van der Waals surface area contributed by atoms with Gasteiger partial charge in [0, 0.05) is 18.6 Å². The van der Waals surface area contributed by atoms with Crippen LogP contribution in [0.5, 0.6) is 0 Å². The van der Waals surface area contributed by atoms with Crippen LogP contribution in [0.2, 0.25) is 0 Å². The molecule has 5 nitrogen and oxygen atoms in total. The Bertz CT molecular complexity index is 1030. The van der Waals surface area contributed by atoms with Crippen molar-refractivity contribution in [2.45, 2.75) is 18.7 Å². The van der Waals surface area contributed by atoms with Crippen LogP contribution in [0.3, 0.4) is 0 Å². The molecule has 0 bridgehead atoms. The maximum absolute atomic E-state index is 13.6. The quantitative estimate of drug-likeness (QED) is 0.758. The molecule has 0 amide bonds. The monoisotopic (exact) mass is 364 g/mol. The number of benzene rings is 2. The molecule has 0 spiro atoms. The van der Waals surface area contributed by atoms with E-state index in [1.54, 1.807) is 26.0 Å². The fourth-order valence-corrected chi connectivity index (χ4v) is 3.43. The molecule has 0 aliphatic rings. The maximum atomic E-state index is 13.6. The summed E-state index contributed by atoms with van der Waals surface area (Å²) in [7, 11) is -4.01. The summed E-state index contributed by atoms with van der Waals surface area (Å²) in [5.41, 5.74) is 0.994. The predicted octanol–water partition coefficient (Wildman–Crippen LogP) is 4.04. The van der Waals surface area contributed by atoms with E-state index in [0.717, 1.165) is 12.1 Å². The molecule has 2 aromatic carbocycles. The second-order valence-corrected chi connectivity index (χ2v) is 7.07. The van der Waals surface area contributed by atoms with Crippen LogP contribution >= 0.6 is 0 Å². The van der Waals surface area contributed by atoms with Gasteiger partial charge >= 0.3 is 0 Å². The number of sulfonamides is 1. The Morgan fingerprint density at radius 3 is 2.28 bits per heavy atom. The van der Waals surface area contributed by atoms with Crippen molar-refractivity contribution >= 4 is 15.7 Å². The molecule has 0 unspecified atom stereocenters. The van der Waals surface area contributed by atoms with Crippen LogP contribution in [0.15, 0.2) is 51.8 Å². The summed E-state index contributed by atoms with van der Waals surface area (Å²) in [4.78, 5) is 4.19. The topological polar surface area (TPSA) is 72.2 Å². The van der Waals surface area contributed by atoms with Crippen LogP contribution in [-0.4, -0.2) is 13.4 Å².